The number of carbonyl (C=O) groups excluding carboxylic acids is 2. The summed E-state index contributed by atoms with van der Waals surface area (Å²) in [7, 11) is 0. The number of amides is 2. The molecule has 2 heterocycles. The Balaban J connectivity index is 0.000000231. The van der Waals surface area contributed by atoms with E-state index in [1.165, 1.54) is 28.8 Å². The van der Waals surface area contributed by atoms with Gasteiger partial charge in [-0.15, -0.1) is 0 Å². The zero-order chi connectivity index (χ0) is 17.1. The van der Waals surface area contributed by atoms with Crippen LogP contribution in [0.3, 0.4) is 0 Å². The van der Waals surface area contributed by atoms with Gasteiger partial charge in [-0.2, -0.15) is 0 Å². The first kappa shape index (κ1) is 15.5. The highest BCUT2D eigenvalue weighted by molar-refractivity contribution is 5.95. The van der Waals surface area contributed by atoms with Gasteiger partial charge in [0, 0.05) is 36.3 Å². The molecule has 2 amide bonds. The molecule has 24 heavy (non-hydrogen) atoms. The molecule has 0 bridgehead atoms. The Bertz CT molecular complexity index is 939. The van der Waals surface area contributed by atoms with E-state index in [1.807, 2.05) is 6.07 Å². The van der Waals surface area contributed by atoms with Crippen molar-refractivity contribution in [2.75, 3.05) is 5.43 Å². The molecule has 0 saturated heterocycles. The molecule has 4 rings (SSSR count). The molecule has 0 fully saturated rings. The zero-order valence-corrected chi connectivity index (χ0v) is 13.1. The topological polar surface area (TPSA) is 90.0 Å². The Morgan fingerprint density at radius 3 is 2.50 bits per heavy atom. The van der Waals surface area contributed by atoms with Crippen molar-refractivity contribution in [1.82, 2.24) is 9.66 Å². The maximum absolute atomic E-state index is 11.1. The number of hydrogen-bond donors (Lipinski definition) is 2. The van der Waals surface area contributed by atoms with Gasteiger partial charge in [0.1, 0.15) is 0 Å². The Labute approximate surface area is 138 Å². The number of rotatable bonds is 3. The summed E-state index contributed by atoms with van der Waals surface area (Å²) in [5, 5.41) is 0.823. The number of hydrogen-bond acceptors (Lipinski definition) is 3. The van der Waals surface area contributed by atoms with Crippen molar-refractivity contribution in [2.45, 2.75) is 6.92 Å². The van der Waals surface area contributed by atoms with Crippen LogP contribution < -0.4 is 11.2 Å². The fourth-order valence-corrected chi connectivity index (χ4v) is 2.32. The quantitative estimate of drug-likeness (QED) is 0.567. The lowest BCUT2D eigenvalue weighted by Crippen LogP contribution is -2.18. The van der Waals surface area contributed by atoms with E-state index in [0.717, 1.165) is 10.9 Å². The molecule has 120 valence electrons. The van der Waals surface area contributed by atoms with Gasteiger partial charge < -0.3 is 5.73 Å². The predicted octanol–water partition coefficient (Wildman–Crippen LogP) is 2.29. The van der Waals surface area contributed by atoms with Gasteiger partial charge in [0.2, 0.25) is 11.8 Å². The second kappa shape index (κ2) is 6.37. The molecular formula is C18H16N4O2. The monoisotopic (exact) mass is 320 g/mol. The average Bonchev–Trinajstić information content (AvgIpc) is 3.00. The van der Waals surface area contributed by atoms with Crippen LogP contribution in [0.2, 0.25) is 0 Å². The van der Waals surface area contributed by atoms with E-state index < -0.39 is 5.91 Å². The van der Waals surface area contributed by atoms with E-state index in [0.29, 0.717) is 5.65 Å². The van der Waals surface area contributed by atoms with Gasteiger partial charge in [0.15, 0.2) is 5.65 Å². The third-order valence-electron chi connectivity index (χ3n) is 3.41. The molecule has 0 spiro atoms. The summed E-state index contributed by atoms with van der Waals surface area (Å²) in [6.07, 6.45) is 6.16. The highest BCUT2D eigenvalue weighted by Crippen LogP contribution is 2.32. The SMILES string of the molecule is CC(=O)Nn1cc(C=CC(N)=O)c2cccnc21.c1cc2cc-2c1. The second-order valence-electron chi connectivity index (χ2n) is 5.31. The number of nitrogens with zero attached hydrogens (tertiary/aromatic N) is 2. The molecule has 2 aromatic heterocycles. The van der Waals surface area contributed by atoms with Gasteiger partial charge in [-0.3, -0.25) is 15.0 Å². The van der Waals surface area contributed by atoms with Crippen molar-refractivity contribution in [3.05, 3.63) is 60.4 Å². The molecule has 0 saturated carbocycles. The Morgan fingerprint density at radius 1 is 1.21 bits per heavy atom. The predicted molar refractivity (Wildman–Crippen MR) is 93.4 cm³/mol. The lowest BCUT2D eigenvalue weighted by atomic mass is 10.2. The summed E-state index contributed by atoms with van der Waals surface area (Å²) in [6, 6.07) is 12.1. The van der Waals surface area contributed by atoms with Crippen LogP contribution in [-0.2, 0) is 9.59 Å². The van der Waals surface area contributed by atoms with Crippen LogP contribution in [0.5, 0.6) is 0 Å². The van der Waals surface area contributed by atoms with Crippen LogP contribution in [0.1, 0.15) is 12.5 Å². The minimum absolute atomic E-state index is 0.206. The molecule has 0 atom stereocenters. The molecule has 0 unspecified atom stereocenters. The van der Waals surface area contributed by atoms with Gasteiger partial charge in [-0.05, 0) is 35.4 Å². The van der Waals surface area contributed by atoms with Crippen LogP contribution >= 0.6 is 0 Å². The van der Waals surface area contributed by atoms with Crippen molar-refractivity contribution < 1.29 is 9.59 Å². The van der Waals surface area contributed by atoms with Crippen LogP contribution in [-0.4, -0.2) is 21.5 Å². The first-order valence-corrected chi connectivity index (χ1v) is 7.36. The lowest BCUT2D eigenvalue weighted by Gasteiger charge is -2.02. The van der Waals surface area contributed by atoms with Gasteiger partial charge >= 0.3 is 0 Å². The first-order chi connectivity index (χ1) is 11.5. The summed E-state index contributed by atoms with van der Waals surface area (Å²) in [5.41, 5.74) is 11.9. The van der Waals surface area contributed by atoms with E-state index in [4.69, 9.17) is 5.73 Å². The van der Waals surface area contributed by atoms with Gasteiger partial charge in [-0.25, -0.2) is 9.66 Å². The second-order valence-corrected chi connectivity index (χ2v) is 5.31. The van der Waals surface area contributed by atoms with Crippen LogP contribution in [0, 0.1) is 0 Å². The minimum atomic E-state index is -0.528. The molecule has 2 aliphatic carbocycles. The molecule has 2 aromatic rings. The van der Waals surface area contributed by atoms with Crippen molar-refractivity contribution >= 4 is 28.9 Å². The number of pyridine rings is 1. The third kappa shape index (κ3) is 3.49. The maximum Gasteiger partial charge on any atom is 0.241 e. The van der Waals surface area contributed by atoms with Crippen LogP contribution in [0.4, 0.5) is 0 Å². The van der Waals surface area contributed by atoms with E-state index in [9.17, 15) is 9.59 Å². The third-order valence-corrected chi connectivity index (χ3v) is 3.41. The summed E-state index contributed by atoms with van der Waals surface area (Å²) in [4.78, 5) is 26.0. The number of aromatic nitrogens is 2. The molecule has 0 aromatic carbocycles. The molecular weight excluding hydrogens is 304 g/mol. The largest absolute Gasteiger partial charge is 0.366 e. The van der Waals surface area contributed by atoms with Crippen LogP contribution in [0.15, 0.2) is 54.9 Å². The van der Waals surface area contributed by atoms with Crippen LogP contribution in [0.25, 0.3) is 28.2 Å². The zero-order valence-electron chi connectivity index (χ0n) is 13.1. The Morgan fingerprint density at radius 2 is 1.96 bits per heavy atom. The fraction of sp³-hybridized carbons (Fsp3) is 0.0556. The van der Waals surface area contributed by atoms with E-state index in [-0.39, 0.29) is 5.91 Å². The standard InChI is InChI=1S/C12H12N4O2.C6H4/c1-8(17)15-16-7-9(4-5-11(13)18)10-3-2-6-14-12(10)16;1-2-5-4-6(5)3-1/h2-7H,1H3,(H2,13,18)(H,15,17);1-4H. The first-order valence-electron chi connectivity index (χ1n) is 7.36. The van der Waals surface area contributed by atoms with E-state index in [1.54, 1.807) is 24.5 Å². The molecule has 3 N–H and O–H groups in total. The number of fused-ring (bicyclic) bond motifs is 2. The van der Waals surface area contributed by atoms with Crippen molar-refractivity contribution in [3.8, 4) is 11.1 Å². The number of nitrogens with one attached hydrogen (secondary N) is 1. The van der Waals surface area contributed by atoms with E-state index >= 15 is 0 Å². The van der Waals surface area contributed by atoms with Crippen molar-refractivity contribution in [3.63, 3.8) is 0 Å². The highest BCUT2D eigenvalue weighted by atomic mass is 16.2. The maximum atomic E-state index is 11.1. The minimum Gasteiger partial charge on any atom is -0.366 e. The smallest absolute Gasteiger partial charge is 0.241 e. The summed E-state index contributed by atoms with van der Waals surface area (Å²) in [6.45, 7) is 1.41. The molecule has 2 aliphatic rings. The lowest BCUT2D eigenvalue weighted by molar-refractivity contribution is -0.115. The average molecular weight is 320 g/mol. The summed E-state index contributed by atoms with van der Waals surface area (Å²) >= 11 is 0. The summed E-state index contributed by atoms with van der Waals surface area (Å²) in [5.74, 6) is -0.734. The summed E-state index contributed by atoms with van der Waals surface area (Å²) < 4.78 is 1.51. The van der Waals surface area contributed by atoms with Crippen molar-refractivity contribution in [2.24, 2.45) is 5.73 Å². The fourth-order valence-electron chi connectivity index (χ4n) is 2.32. The Hall–Kier alpha value is -3.41. The van der Waals surface area contributed by atoms with Crippen molar-refractivity contribution in [1.29, 1.82) is 0 Å². The van der Waals surface area contributed by atoms with Gasteiger partial charge in [0.25, 0.3) is 0 Å². The number of benzene rings is 1. The normalized spacial score (nSPS) is 11.0. The number of carbonyl (C=O) groups is 2. The highest BCUT2D eigenvalue weighted by Gasteiger charge is 2.08. The van der Waals surface area contributed by atoms with Gasteiger partial charge in [-0.1, -0.05) is 18.2 Å². The molecule has 6 heteroatoms. The van der Waals surface area contributed by atoms with Gasteiger partial charge in [0.05, 0.1) is 0 Å². The number of primary amides is 1. The molecule has 6 nitrogen and oxygen atoms in total. The van der Waals surface area contributed by atoms with E-state index in [2.05, 4.69) is 34.7 Å². The number of nitrogens with two attached hydrogens (primary N) is 1. The Kier molecular flexibility index (Phi) is 4.11. The molecule has 0 aliphatic heterocycles. The molecule has 0 radical (unpaired) electrons.